The Morgan fingerprint density at radius 3 is 2.81 bits per heavy atom. The van der Waals surface area contributed by atoms with E-state index in [2.05, 4.69) is 41.4 Å². The average Bonchev–Trinajstić information content (AvgIpc) is 3.42. The van der Waals surface area contributed by atoms with Crippen molar-refractivity contribution in [3.8, 4) is 0 Å². The van der Waals surface area contributed by atoms with Gasteiger partial charge in [0.1, 0.15) is 5.69 Å². The third-order valence-corrected chi connectivity index (χ3v) is 7.90. The molecule has 196 valence electrons. The van der Waals surface area contributed by atoms with E-state index >= 15 is 0 Å². The second-order valence-corrected chi connectivity index (χ2v) is 10.4. The Balaban J connectivity index is 1.18. The number of nitroso groups, excluding NO2 is 1. The molecule has 12 nitrogen and oxygen atoms in total. The Morgan fingerprint density at radius 1 is 1.22 bits per heavy atom. The molecule has 4 N–H and O–H groups in total. The van der Waals surface area contributed by atoms with Crippen molar-refractivity contribution in [1.29, 1.82) is 0 Å². The van der Waals surface area contributed by atoms with Crippen molar-refractivity contribution in [1.82, 2.24) is 20.9 Å². The van der Waals surface area contributed by atoms with E-state index in [1.807, 2.05) is 18.8 Å². The van der Waals surface area contributed by atoms with Crippen LogP contribution in [0.5, 0.6) is 0 Å². The number of anilines is 1. The molecule has 2 fully saturated rings. The highest BCUT2D eigenvalue weighted by Crippen LogP contribution is 2.33. The predicted molar refractivity (Wildman–Crippen MR) is 143 cm³/mol. The number of nitrogens with one attached hydrogen (secondary N) is 4. The van der Waals surface area contributed by atoms with Crippen LogP contribution in [0.3, 0.4) is 0 Å². The van der Waals surface area contributed by atoms with E-state index in [4.69, 9.17) is 5.53 Å². The van der Waals surface area contributed by atoms with Crippen molar-refractivity contribution >= 4 is 40.8 Å². The van der Waals surface area contributed by atoms with Gasteiger partial charge in [0.25, 0.3) is 0 Å². The highest BCUT2D eigenvalue weighted by Gasteiger charge is 2.42. The van der Waals surface area contributed by atoms with Crippen LogP contribution in [0.1, 0.15) is 38.5 Å². The number of amides is 3. The second-order valence-electron chi connectivity index (χ2n) is 9.14. The third-order valence-electron chi connectivity index (χ3n) is 6.39. The number of fused-ring (bicyclic) bond motifs is 1. The molecule has 0 radical (unpaired) electrons. The Morgan fingerprint density at radius 2 is 2.03 bits per heavy atom. The molecular weight excluding hydrogens is 482 g/mol. The van der Waals surface area contributed by atoms with Crippen molar-refractivity contribution in [2.24, 2.45) is 10.3 Å². The minimum Gasteiger partial charge on any atom is -0.383 e. The molecule has 36 heavy (non-hydrogen) atoms. The number of rotatable bonds is 16. The van der Waals surface area contributed by atoms with Crippen molar-refractivity contribution in [3.05, 3.63) is 33.5 Å². The van der Waals surface area contributed by atoms with Crippen molar-refractivity contribution in [3.63, 3.8) is 0 Å². The highest BCUT2D eigenvalue weighted by atomic mass is 32.2. The number of nitrogens with zero attached hydrogens (tertiary/aromatic N) is 5. The molecular formula is C23H35N9O3S. The highest BCUT2D eigenvalue weighted by molar-refractivity contribution is 8.00. The topological polar surface area (TPSA) is 164 Å². The monoisotopic (exact) mass is 517 g/mol. The van der Waals surface area contributed by atoms with Crippen molar-refractivity contribution in [2.45, 2.75) is 55.9 Å². The van der Waals surface area contributed by atoms with Crippen LogP contribution in [-0.2, 0) is 4.79 Å². The molecule has 2 saturated heterocycles. The molecule has 0 spiro atoms. The Bertz CT molecular complexity index is 957. The molecule has 2 aliphatic heterocycles. The molecule has 3 rings (SSSR count). The lowest BCUT2D eigenvalue weighted by Crippen LogP contribution is -2.36. The quantitative estimate of drug-likeness (QED) is 0.0646. The summed E-state index contributed by atoms with van der Waals surface area (Å²) in [5.41, 5.74) is 9.67. The minimum atomic E-state index is -0.0575. The summed E-state index contributed by atoms with van der Waals surface area (Å²) in [7, 11) is 2.04. The van der Waals surface area contributed by atoms with Crippen LogP contribution < -0.4 is 21.3 Å². The van der Waals surface area contributed by atoms with Gasteiger partial charge >= 0.3 is 6.03 Å². The van der Waals surface area contributed by atoms with Gasteiger partial charge in [-0.15, -0.1) is 4.91 Å². The van der Waals surface area contributed by atoms with E-state index in [9.17, 15) is 14.5 Å². The van der Waals surface area contributed by atoms with Gasteiger partial charge in [-0.05, 0) is 68.7 Å². The molecule has 2 heterocycles. The van der Waals surface area contributed by atoms with Crippen LogP contribution in [0.2, 0.25) is 0 Å². The van der Waals surface area contributed by atoms with Gasteiger partial charge in [0.2, 0.25) is 5.91 Å². The molecule has 13 heteroatoms. The maximum absolute atomic E-state index is 12.1. The Kier molecular flexibility index (Phi) is 11.1. The van der Waals surface area contributed by atoms with Crippen molar-refractivity contribution in [2.75, 3.05) is 44.3 Å². The summed E-state index contributed by atoms with van der Waals surface area (Å²) in [5.74, 6) is 1.06. The third kappa shape index (κ3) is 8.58. The molecule has 1 aromatic rings. The number of hydrogen-bond donors (Lipinski definition) is 4. The van der Waals surface area contributed by atoms with Gasteiger partial charge in [-0.2, -0.15) is 11.8 Å². The molecule has 0 bridgehead atoms. The van der Waals surface area contributed by atoms with Gasteiger partial charge < -0.3 is 26.2 Å². The Hall–Kier alpha value is -3.02. The first-order valence-electron chi connectivity index (χ1n) is 12.4. The normalized spacial score (nSPS) is 20.3. The van der Waals surface area contributed by atoms with E-state index in [0.29, 0.717) is 36.1 Å². The van der Waals surface area contributed by atoms with E-state index in [1.54, 1.807) is 12.1 Å². The van der Waals surface area contributed by atoms with Crippen LogP contribution in [0, 0.1) is 4.91 Å². The van der Waals surface area contributed by atoms with E-state index in [-0.39, 0.29) is 29.7 Å². The van der Waals surface area contributed by atoms with Gasteiger partial charge in [0.15, 0.2) is 0 Å². The summed E-state index contributed by atoms with van der Waals surface area (Å²) in [6.45, 7) is 3.09. The first kappa shape index (κ1) is 27.6. The van der Waals surface area contributed by atoms with Gasteiger partial charge in [-0.3, -0.25) is 4.79 Å². The number of thioether (sulfide) groups is 1. The van der Waals surface area contributed by atoms with E-state index in [0.717, 1.165) is 50.9 Å². The van der Waals surface area contributed by atoms with Crippen LogP contribution in [-0.4, -0.2) is 73.2 Å². The number of hydrogen-bond acceptors (Lipinski definition) is 8. The smallest absolute Gasteiger partial charge is 0.315 e. The van der Waals surface area contributed by atoms with Crippen LogP contribution >= 0.6 is 11.8 Å². The first-order valence-corrected chi connectivity index (χ1v) is 13.5. The SMILES string of the molecule is CN(CCCNC(=O)CCCCC1SC[C@@H]2NC(=O)N[C@H]12)CCCNc1ccc(N=[N+]=[N-])cc1N=O. The fourth-order valence-electron chi connectivity index (χ4n) is 4.48. The molecule has 0 aliphatic carbocycles. The summed E-state index contributed by atoms with van der Waals surface area (Å²) < 4.78 is 0. The Labute approximate surface area is 215 Å². The number of urea groups is 1. The molecule has 1 unspecified atom stereocenters. The number of carbonyl (C=O) groups excluding carboxylic acids is 2. The van der Waals surface area contributed by atoms with Crippen LogP contribution in [0.25, 0.3) is 10.4 Å². The molecule has 3 atom stereocenters. The fraction of sp³-hybridized carbons (Fsp3) is 0.652. The number of carbonyl (C=O) groups is 2. The minimum absolute atomic E-state index is 0.0575. The lowest BCUT2D eigenvalue weighted by molar-refractivity contribution is -0.121. The van der Waals surface area contributed by atoms with Gasteiger partial charge in [-0.1, -0.05) is 17.6 Å². The number of unbranched alkanes of at least 4 members (excludes halogenated alkanes) is 1. The first-order chi connectivity index (χ1) is 17.5. The molecule has 2 aliphatic rings. The zero-order valence-corrected chi connectivity index (χ0v) is 21.4. The fourth-order valence-corrected chi connectivity index (χ4v) is 6.03. The lowest BCUT2D eigenvalue weighted by Gasteiger charge is -2.17. The van der Waals surface area contributed by atoms with Crippen molar-refractivity contribution < 1.29 is 9.59 Å². The summed E-state index contributed by atoms with van der Waals surface area (Å²) in [6.07, 6.45) is 5.17. The largest absolute Gasteiger partial charge is 0.383 e. The van der Waals surface area contributed by atoms with Gasteiger partial charge in [-0.25, -0.2) is 4.79 Å². The second kappa shape index (κ2) is 14.5. The average molecular weight is 518 g/mol. The summed E-state index contributed by atoms with van der Waals surface area (Å²) in [6, 6.07) is 5.19. The van der Waals surface area contributed by atoms with Gasteiger partial charge in [0.05, 0.1) is 17.8 Å². The maximum atomic E-state index is 12.1. The summed E-state index contributed by atoms with van der Waals surface area (Å²) >= 11 is 1.91. The number of azide groups is 1. The number of benzene rings is 1. The molecule has 3 amide bonds. The lowest BCUT2D eigenvalue weighted by atomic mass is 10.0. The maximum Gasteiger partial charge on any atom is 0.315 e. The predicted octanol–water partition coefficient (Wildman–Crippen LogP) is 3.99. The molecule has 0 aromatic heterocycles. The van der Waals surface area contributed by atoms with Crippen LogP contribution in [0.15, 0.2) is 28.5 Å². The van der Waals surface area contributed by atoms with Gasteiger partial charge in [0, 0.05) is 41.1 Å². The zero-order chi connectivity index (χ0) is 25.8. The summed E-state index contributed by atoms with van der Waals surface area (Å²) in [5, 5.41) is 19.1. The molecule has 0 saturated carbocycles. The van der Waals surface area contributed by atoms with Crippen LogP contribution in [0.4, 0.5) is 21.9 Å². The zero-order valence-electron chi connectivity index (χ0n) is 20.6. The molecule has 1 aromatic carbocycles. The standard InChI is InChI=1S/C23H35N9O3S/c1-32(12-4-10-25-17-9-8-16(29-31-24)14-18(17)30-35)13-5-11-26-21(33)7-3-2-6-20-22-19(15-36-20)27-23(34)28-22/h8-9,14,19-20,22,25H,2-7,10-13,15H2,1H3,(H,26,33)(H2,27,28,34)/t19-,20?,22-/m0/s1. The van der Waals surface area contributed by atoms with E-state index in [1.165, 1.54) is 6.07 Å². The summed E-state index contributed by atoms with van der Waals surface area (Å²) in [4.78, 5) is 39.5. The van der Waals surface area contributed by atoms with E-state index < -0.39 is 0 Å².